The molecule has 5 aromatic rings. The van der Waals surface area contributed by atoms with Gasteiger partial charge in [-0.25, -0.2) is 23.7 Å². The Balaban J connectivity index is 1.09. The van der Waals surface area contributed by atoms with Gasteiger partial charge < -0.3 is 33.5 Å². The first-order valence-electron chi connectivity index (χ1n) is 24.1. The number of fused-ring (bicyclic) bond motifs is 2. The monoisotopic (exact) mass is 1060 g/mol. The number of piperazine rings is 1. The van der Waals surface area contributed by atoms with E-state index in [1.165, 1.54) is 34.1 Å². The lowest BCUT2D eigenvalue weighted by molar-refractivity contribution is -0.497. The van der Waals surface area contributed by atoms with Crippen LogP contribution in [0.3, 0.4) is 0 Å². The van der Waals surface area contributed by atoms with E-state index in [0.29, 0.717) is 52.7 Å². The molecule has 4 N–H and O–H groups in total. The predicted octanol–water partition coefficient (Wildman–Crippen LogP) is 9.52. The lowest BCUT2D eigenvalue weighted by Gasteiger charge is -2.50. The number of alkyl halides is 3. The summed E-state index contributed by atoms with van der Waals surface area (Å²) < 4.78 is 81.9. The molecule has 2 atom stereocenters. The number of hydrogen-bond donors (Lipinski definition) is 4. The molecule has 8 rings (SSSR count). The summed E-state index contributed by atoms with van der Waals surface area (Å²) in [5, 5.41) is 35.5. The molecular weight excluding hydrogens is 1010 g/mol. The number of methoxy groups -OCH3 is 1. The van der Waals surface area contributed by atoms with Gasteiger partial charge in [-0.2, -0.15) is 13.2 Å². The van der Waals surface area contributed by atoms with Crippen LogP contribution in [-0.2, 0) is 40.4 Å². The molecule has 19 nitrogen and oxygen atoms in total. The van der Waals surface area contributed by atoms with Gasteiger partial charge in [0.15, 0.2) is 11.6 Å². The third-order valence-electron chi connectivity index (χ3n) is 12.8. The highest BCUT2D eigenvalue weighted by Crippen LogP contribution is 2.42. The van der Waals surface area contributed by atoms with Crippen molar-refractivity contribution >= 4 is 23.7 Å². The quantitative estimate of drug-likeness (QED) is 0.0306. The minimum Gasteiger partial charge on any atom is -0.496 e. The Hall–Kier alpha value is -7.35. The maximum Gasteiger partial charge on any atom is 0.416 e. The molecule has 0 spiro atoms. The van der Waals surface area contributed by atoms with Crippen molar-refractivity contribution in [2.75, 3.05) is 33.4 Å². The number of hydrogen-bond acceptors (Lipinski definition) is 16. The van der Waals surface area contributed by atoms with E-state index >= 15 is 4.79 Å². The van der Waals surface area contributed by atoms with Gasteiger partial charge >= 0.3 is 18.4 Å². The fourth-order valence-electron chi connectivity index (χ4n) is 9.13. The fraction of sp³-hybridized carbons (Fsp3) is 0.340. The number of carbonyl (C=O) groups excluding carboxylic acids is 3. The summed E-state index contributed by atoms with van der Waals surface area (Å²) >= 11 is 0. The Morgan fingerprint density at radius 3 is 1.89 bits per heavy atom. The molecule has 2 bridgehead atoms. The Morgan fingerprint density at radius 2 is 1.32 bits per heavy atom. The molecule has 23 heteroatoms. The van der Waals surface area contributed by atoms with Crippen molar-refractivity contribution in [2.24, 2.45) is 0 Å². The van der Waals surface area contributed by atoms with Crippen LogP contribution in [0.1, 0.15) is 65.5 Å². The number of halogens is 4. The van der Waals surface area contributed by atoms with E-state index in [9.17, 15) is 27.2 Å². The number of amides is 3. The molecule has 76 heavy (non-hydrogen) atoms. The Kier molecular flexibility index (Phi) is 17.7. The summed E-state index contributed by atoms with van der Waals surface area (Å²) in [4.78, 5) is 58.7. The van der Waals surface area contributed by atoms with Gasteiger partial charge in [0.2, 0.25) is 0 Å². The summed E-state index contributed by atoms with van der Waals surface area (Å²) in [6.45, 7) is 1.54. The van der Waals surface area contributed by atoms with Gasteiger partial charge in [0.1, 0.15) is 23.0 Å². The standard InChI is InChI=1S/C53H55F4N5O14/c1-33-23-34(11-19-47(33)70-2)28-59(39-15-16-39)50(63)49-44(37-12-17-41(18-13-37)71-21-3-4-22-72-48-20-14-38(26-45(48)54)53(55,56)57)27-40-29-58(51(64)75-42-9-5-7-35(24-42)31-73-61(66)67)30-46(49)60(40)52(65)76-43-10-6-8-36(25-43)32-74-62(68)69/h5-14,17-20,23-26,39-40,46,66-69H,3-4,15-16,21-22,27-32H2,1-2H3. The maximum absolute atomic E-state index is 15.7. The van der Waals surface area contributed by atoms with Gasteiger partial charge in [0.05, 0.1) is 62.0 Å². The van der Waals surface area contributed by atoms with Crippen LogP contribution in [0.2, 0.25) is 0 Å². The lowest BCUT2D eigenvalue weighted by atomic mass is 9.81. The normalized spacial score (nSPS) is 16.5. The van der Waals surface area contributed by atoms with Gasteiger partial charge in [-0.05, 0) is 133 Å². The van der Waals surface area contributed by atoms with Crippen molar-refractivity contribution in [3.8, 4) is 28.7 Å². The summed E-state index contributed by atoms with van der Waals surface area (Å²) in [5.41, 5.74) is 2.97. The van der Waals surface area contributed by atoms with Crippen LogP contribution >= 0.6 is 0 Å². The molecule has 2 unspecified atom stereocenters. The molecule has 3 aliphatic rings. The zero-order valence-corrected chi connectivity index (χ0v) is 41.2. The van der Waals surface area contributed by atoms with E-state index in [2.05, 4.69) is 0 Å². The molecule has 5 aromatic carbocycles. The van der Waals surface area contributed by atoms with Crippen LogP contribution in [0.25, 0.3) is 5.57 Å². The van der Waals surface area contributed by atoms with E-state index in [1.54, 1.807) is 60.5 Å². The van der Waals surface area contributed by atoms with Gasteiger partial charge in [-0.1, -0.05) is 48.5 Å². The molecule has 1 saturated carbocycles. The van der Waals surface area contributed by atoms with E-state index in [0.717, 1.165) is 36.1 Å². The average Bonchev–Trinajstić information content (AvgIpc) is 4.24. The minimum absolute atomic E-state index is 0.0292. The molecule has 2 heterocycles. The van der Waals surface area contributed by atoms with Crippen LogP contribution in [0.15, 0.2) is 115 Å². The lowest BCUT2D eigenvalue weighted by Crippen LogP contribution is -2.66. The number of carbonyl (C=O) groups is 3. The number of aryl methyl sites for hydroxylation is 1. The number of unbranched alkanes of at least 4 members (excludes halogenated alkanes) is 1. The Morgan fingerprint density at radius 1 is 0.697 bits per heavy atom. The third-order valence-corrected chi connectivity index (χ3v) is 12.8. The van der Waals surface area contributed by atoms with E-state index in [1.807, 2.05) is 25.1 Å². The second-order valence-electron chi connectivity index (χ2n) is 18.2. The predicted molar refractivity (Wildman–Crippen MR) is 257 cm³/mol. The van der Waals surface area contributed by atoms with Gasteiger partial charge in [-0.15, -0.1) is 0 Å². The average molecular weight is 1060 g/mol. The largest absolute Gasteiger partial charge is 0.496 e. The molecule has 3 amide bonds. The van der Waals surface area contributed by atoms with Gasteiger partial charge in [0, 0.05) is 31.2 Å². The first-order valence-corrected chi connectivity index (χ1v) is 24.1. The van der Waals surface area contributed by atoms with E-state index < -0.39 is 52.6 Å². The van der Waals surface area contributed by atoms with Crippen molar-refractivity contribution in [3.63, 3.8) is 0 Å². The molecule has 2 aliphatic heterocycles. The number of benzene rings is 5. The second kappa shape index (κ2) is 24.5. The smallest absolute Gasteiger partial charge is 0.416 e. The highest BCUT2D eigenvalue weighted by Gasteiger charge is 2.50. The summed E-state index contributed by atoms with van der Waals surface area (Å²) in [6.07, 6.45) is -3.91. The number of nitrogens with zero attached hydrogens (tertiary/aromatic N) is 5. The zero-order chi connectivity index (χ0) is 54.1. The molecule has 404 valence electrons. The van der Waals surface area contributed by atoms with Crippen molar-refractivity contribution in [1.29, 1.82) is 0 Å². The van der Waals surface area contributed by atoms with E-state index in [4.69, 9.17) is 54.2 Å². The summed E-state index contributed by atoms with van der Waals surface area (Å²) in [5.74, 6) is -0.418. The minimum atomic E-state index is -4.69. The Labute approximate surface area is 433 Å². The molecule has 0 radical (unpaired) electrons. The van der Waals surface area contributed by atoms with Crippen LogP contribution in [0.5, 0.6) is 28.7 Å². The first-order chi connectivity index (χ1) is 36.4. The van der Waals surface area contributed by atoms with Gasteiger partial charge in [0.25, 0.3) is 5.91 Å². The van der Waals surface area contributed by atoms with Crippen LogP contribution < -0.4 is 23.7 Å². The maximum atomic E-state index is 15.7. The number of rotatable bonds is 21. The van der Waals surface area contributed by atoms with Crippen LogP contribution in [0.4, 0.5) is 27.2 Å². The number of ether oxygens (including phenoxy) is 5. The molecule has 1 saturated heterocycles. The van der Waals surface area contributed by atoms with Crippen molar-refractivity contribution in [3.05, 3.63) is 154 Å². The molecule has 1 aliphatic carbocycles. The summed E-state index contributed by atoms with van der Waals surface area (Å²) in [6, 6.07) is 25.2. The Bertz CT molecular complexity index is 2890. The van der Waals surface area contributed by atoms with E-state index in [-0.39, 0.29) is 87.3 Å². The summed E-state index contributed by atoms with van der Waals surface area (Å²) in [7, 11) is 1.57. The SMILES string of the molecule is COc1ccc(CN(C(=O)C2=C(c3ccc(OCCCCOc4ccc(C(F)(F)F)cc4F)cc3)CC3CN(C(=O)Oc4cccc(CON(O)O)c4)CC2N3C(=O)Oc2cccc(CON(O)O)c2)C2CC2)cc1C. The van der Waals surface area contributed by atoms with Crippen LogP contribution in [0, 0.1) is 12.7 Å². The highest BCUT2D eigenvalue weighted by atomic mass is 19.4. The van der Waals surface area contributed by atoms with Crippen molar-refractivity contribution in [2.45, 2.75) is 83.1 Å². The molecule has 2 fully saturated rings. The second-order valence-corrected chi connectivity index (χ2v) is 18.2. The van der Waals surface area contributed by atoms with Crippen LogP contribution in [-0.4, -0.2) is 116 Å². The van der Waals surface area contributed by atoms with Crippen molar-refractivity contribution < 1.29 is 86.1 Å². The molecular formula is C53H55F4N5O14. The topological polar surface area (TPSA) is 213 Å². The zero-order valence-electron chi connectivity index (χ0n) is 41.2. The third kappa shape index (κ3) is 14.1. The first kappa shape index (κ1) is 54.9. The van der Waals surface area contributed by atoms with Crippen molar-refractivity contribution in [1.82, 2.24) is 25.5 Å². The van der Waals surface area contributed by atoms with Gasteiger partial charge in [-0.3, -0.25) is 30.5 Å². The fourth-order valence-corrected chi connectivity index (χ4v) is 9.13. The highest BCUT2D eigenvalue weighted by molar-refractivity contribution is 6.04. The molecule has 0 aromatic heterocycles.